The summed E-state index contributed by atoms with van der Waals surface area (Å²) in [5, 5.41) is 19.4. The topological polar surface area (TPSA) is 46.9 Å². The van der Waals surface area contributed by atoms with Crippen LogP contribution in [0.4, 0.5) is 0 Å². The van der Waals surface area contributed by atoms with E-state index in [4.69, 9.17) is 0 Å². The maximum Gasteiger partial charge on any atom is 0.0433 e. The molecule has 0 saturated heterocycles. The lowest BCUT2D eigenvalue weighted by atomic mass is 9.69. The van der Waals surface area contributed by atoms with Gasteiger partial charge in [-0.05, 0) is 214 Å². The molecule has 0 atom stereocenters. The minimum Gasteiger partial charge on any atom is -0.396 e. The molecule has 0 aromatic rings. The Bertz CT molecular complexity index is 984. The average molecular weight is 777 g/mol. The standard InChI is InChI=1S/C52H92N2O2/c55-37-35-39-11-23-47(24-12-39)53(49-27-15-43(16-28-49)41-7-3-1-4-8-41)51-31-19-45(20-32-51)46-21-33-52(34-22-46)54(48-25-13-40(14-26-48)36-38-56)50-29-17-44(18-30-50)42-9-5-2-6-10-42/h39-52,55-56H,1-38H2. The highest BCUT2D eigenvalue weighted by atomic mass is 16.3. The molecule has 0 aromatic heterocycles. The Labute approximate surface area is 346 Å². The first-order valence-corrected chi connectivity index (χ1v) is 26.4. The molecule has 0 heterocycles. The summed E-state index contributed by atoms with van der Waals surface area (Å²) in [6, 6.07) is 5.04. The molecular formula is C52H92N2O2. The predicted molar refractivity (Wildman–Crippen MR) is 235 cm³/mol. The fourth-order valence-corrected chi connectivity index (χ4v) is 16.3. The van der Waals surface area contributed by atoms with Crippen LogP contribution in [0.5, 0.6) is 0 Å². The van der Waals surface area contributed by atoms with Crippen LogP contribution in [-0.2, 0) is 0 Å². The third-order valence-corrected chi connectivity index (χ3v) is 19.5. The Morgan fingerprint density at radius 1 is 0.250 bits per heavy atom. The molecule has 4 heteroatoms. The molecule has 0 aliphatic heterocycles. The molecule has 8 saturated carbocycles. The van der Waals surface area contributed by atoms with Gasteiger partial charge in [-0.1, -0.05) is 64.2 Å². The number of hydrogen-bond donors (Lipinski definition) is 2. The van der Waals surface area contributed by atoms with Crippen molar-refractivity contribution < 1.29 is 10.2 Å². The van der Waals surface area contributed by atoms with E-state index in [0.29, 0.717) is 13.2 Å². The molecular weight excluding hydrogens is 685 g/mol. The Morgan fingerprint density at radius 3 is 0.696 bits per heavy atom. The smallest absolute Gasteiger partial charge is 0.0433 e. The third-order valence-electron chi connectivity index (χ3n) is 19.5. The molecule has 8 aliphatic carbocycles. The van der Waals surface area contributed by atoms with Crippen LogP contribution in [0.1, 0.15) is 231 Å². The zero-order chi connectivity index (χ0) is 38.1. The zero-order valence-corrected chi connectivity index (χ0v) is 36.7. The largest absolute Gasteiger partial charge is 0.396 e. The zero-order valence-electron chi connectivity index (χ0n) is 36.7. The van der Waals surface area contributed by atoms with Crippen LogP contribution in [-0.4, -0.2) is 69.5 Å². The van der Waals surface area contributed by atoms with Gasteiger partial charge in [0.05, 0.1) is 0 Å². The van der Waals surface area contributed by atoms with Gasteiger partial charge in [0.25, 0.3) is 0 Å². The first-order chi connectivity index (χ1) is 27.7. The van der Waals surface area contributed by atoms with Crippen LogP contribution >= 0.6 is 0 Å². The maximum atomic E-state index is 9.68. The molecule has 0 spiro atoms. The summed E-state index contributed by atoms with van der Waals surface area (Å²) in [5.74, 6) is 7.71. The van der Waals surface area contributed by atoms with Crippen molar-refractivity contribution in [2.24, 2.45) is 47.3 Å². The monoisotopic (exact) mass is 777 g/mol. The summed E-state index contributed by atoms with van der Waals surface area (Å²) in [4.78, 5) is 6.46. The van der Waals surface area contributed by atoms with Gasteiger partial charge in [-0.25, -0.2) is 0 Å². The summed E-state index contributed by atoms with van der Waals surface area (Å²) in [6.45, 7) is 0.782. The second-order valence-electron chi connectivity index (χ2n) is 22.3. The molecule has 0 bridgehead atoms. The number of aliphatic hydroxyl groups excluding tert-OH is 2. The molecule has 2 N–H and O–H groups in total. The van der Waals surface area contributed by atoms with Gasteiger partial charge >= 0.3 is 0 Å². The van der Waals surface area contributed by atoms with Gasteiger partial charge < -0.3 is 10.2 Å². The highest BCUT2D eigenvalue weighted by molar-refractivity contribution is 4.97. The number of hydrogen-bond acceptors (Lipinski definition) is 4. The van der Waals surface area contributed by atoms with Crippen molar-refractivity contribution in [2.45, 2.75) is 267 Å². The first kappa shape index (κ1) is 42.5. The summed E-state index contributed by atoms with van der Waals surface area (Å²) in [7, 11) is 0. The van der Waals surface area contributed by atoms with E-state index in [1.54, 1.807) is 0 Å². The van der Waals surface area contributed by atoms with Gasteiger partial charge in [-0.2, -0.15) is 0 Å². The Hall–Kier alpha value is -0.160. The van der Waals surface area contributed by atoms with Gasteiger partial charge in [-0.15, -0.1) is 0 Å². The molecule has 0 amide bonds. The second-order valence-corrected chi connectivity index (χ2v) is 22.3. The maximum absolute atomic E-state index is 9.68. The second kappa shape index (κ2) is 21.6. The van der Waals surface area contributed by atoms with Crippen molar-refractivity contribution in [3.63, 3.8) is 0 Å². The number of aliphatic hydroxyl groups is 2. The molecule has 8 rings (SSSR count). The quantitative estimate of drug-likeness (QED) is 0.196. The van der Waals surface area contributed by atoms with Gasteiger partial charge in [0.15, 0.2) is 0 Å². The predicted octanol–water partition coefficient (Wildman–Crippen LogP) is 12.9. The van der Waals surface area contributed by atoms with E-state index in [9.17, 15) is 10.2 Å². The third kappa shape index (κ3) is 10.8. The molecule has 56 heavy (non-hydrogen) atoms. The van der Waals surface area contributed by atoms with Gasteiger partial charge in [0.2, 0.25) is 0 Å². The van der Waals surface area contributed by atoms with Crippen molar-refractivity contribution in [2.75, 3.05) is 13.2 Å². The van der Waals surface area contributed by atoms with Crippen molar-refractivity contribution in [3.8, 4) is 0 Å². The summed E-state index contributed by atoms with van der Waals surface area (Å²) in [6.07, 6.45) is 52.3. The molecule has 322 valence electrons. The van der Waals surface area contributed by atoms with Gasteiger partial charge in [0, 0.05) is 49.5 Å². The highest BCUT2D eigenvalue weighted by Gasteiger charge is 2.43. The molecule has 0 radical (unpaired) electrons. The molecule has 8 fully saturated rings. The minimum atomic E-state index is 0.391. The average Bonchev–Trinajstić information content (AvgIpc) is 3.27. The highest BCUT2D eigenvalue weighted by Crippen LogP contribution is 2.48. The lowest BCUT2D eigenvalue weighted by Gasteiger charge is -2.52. The Balaban J connectivity index is 0.853. The fourth-order valence-electron chi connectivity index (χ4n) is 16.3. The van der Waals surface area contributed by atoms with E-state index < -0.39 is 0 Å². The van der Waals surface area contributed by atoms with Crippen molar-refractivity contribution in [3.05, 3.63) is 0 Å². The van der Waals surface area contributed by atoms with Crippen molar-refractivity contribution >= 4 is 0 Å². The fraction of sp³-hybridized carbons (Fsp3) is 1.00. The first-order valence-electron chi connectivity index (χ1n) is 26.4. The minimum absolute atomic E-state index is 0.391. The summed E-state index contributed by atoms with van der Waals surface area (Å²) >= 11 is 0. The Kier molecular flexibility index (Phi) is 16.4. The van der Waals surface area contributed by atoms with Crippen LogP contribution in [0.2, 0.25) is 0 Å². The van der Waals surface area contributed by atoms with Gasteiger partial charge in [0.1, 0.15) is 0 Å². The normalized spacial score (nSPS) is 41.6. The summed E-state index contributed by atoms with van der Waals surface area (Å²) < 4.78 is 0. The SMILES string of the molecule is OCCC1CCC(N(C2CCC(C3CCCCC3)CC2)C2CCC(C3CCC(N(C4CCC(CCO)CC4)C4CCC(C5CCCCC5)CC4)CC3)CC2)CC1. The van der Waals surface area contributed by atoms with E-state index in [2.05, 4.69) is 9.80 Å². The lowest BCUT2D eigenvalue weighted by Crippen LogP contribution is -2.54. The van der Waals surface area contributed by atoms with Crippen molar-refractivity contribution in [1.82, 2.24) is 9.80 Å². The van der Waals surface area contributed by atoms with E-state index in [-0.39, 0.29) is 0 Å². The van der Waals surface area contributed by atoms with Crippen LogP contribution in [0.15, 0.2) is 0 Å². The van der Waals surface area contributed by atoms with E-state index in [1.165, 1.54) is 218 Å². The van der Waals surface area contributed by atoms with Gasteiger partial charge in [-0.3, -0.25) is 9.80 Å². The Morgan fingerprint density at radius 2 is 0.464 bits per heavy atom. The summed E-state index contributed by atoms with van der Waals surface area (Å²) in [5.41, 5.74) is 0. The van der Waals surface area contributed by atoms with Crippen LogP contribution in [0, 0.1) is 47.3 Å². The van der Waals surface area contributed by atoms with Crippen LogP contribution in [0.3, 0.4) is 0 Å². The van der Waals surface area contributed by atoms with E-state index in [0.717, 1.165) is 96.4 Å². The van der Waals surface area contributed by atoms with Crippen molar-refractivity contribution in [1.29, 1.82) is 0 Å². The molecule has 8 aliphatic rings. The van der Waals surface area contributed by atoms with E-state index in [1.807, 2.05) is 0 Å². The molecule has 0 aromatic carbocycles. The molecule has 4 nitrogen and oxygen atoms in total. The van der Waals surface area contributed by atoms with Crippen LogP contribution in [0.25, 0.3) is 0 Å². The lowest BCUT2D eigenvalue weighted by molar-refractivity contribution is -0.0185. The molecule has 0 unspecified atom stereocenters. The number of rotatable bonds is 13. The van der Waals surface area contributed by atoms with Crippen LogP contribution < -0.4 is 0 Å². The van der Waals surface area contributed by atoms with E-state index >= 15 is 0 Å². The number of nitrogens with zero attached hydrogens (tertiary/aromatic N) is 2.